The maximum atomic E-state index is 12.0. The zero-order valence-corrected chi connectivity index (χ0v) is 13.9. The number of benzene rings is 1. The number of carbonyl (C=O) groups excluding carboxylic acids is 2. The molecule has 126 valence electrons. The van der Waals surface area contributed by atoms with Crippen LogP contribution in [-0.4, -0.2) is 49.6 Å². The fourth-order valence-corrected chi connectivity index (χ4v) is 2.03. The van der Waals surface area contributed by atoms with Gasteiger partial charge in [-0.1, -0.05) is 26.8 Å². The van der Waals surface area contributed by atoms with Gasteiger partial charge in [0.15, 0.2) is 6.61 Å². The van der Waals surface area contributed by atoms with Crippen molar-refractivity contribution in [2.24, 2.45) is 5.41 Å². The van der Waals surface area contributed by atoms with E-state index in [1.54, 1.807) is 29.2 Å². The van der Waals surface area contributed by atoms with E-state index in [0.717, 1.165) is 0 Å². The average Bonchev–Trinajstić information content (AvgIpc) is 2.53. The maximum absolute atomic E-state index is 12.0. The molecule has 1 aliphatic rings. The summed E-state index contributed by atoms with van der Waals surface area (Å²) in [6.45, 7) is 7.88. The third-order valence-electron chi connectivity index (χ3n) is 3.50. The van der Waals surface area contributed by atoms with Crippen molar-refractivity contribution in [1.82, 2.24) is 4.90 Å². The van der Waals surface area contributed by atoms with Crippen LogP contribution in [0, 0.1) is 5.41 Å². The Labute approximate surface area is 136 Å². The molecular weight excluding hydrogens is 296 g/mol. The first kappa shape index (κ1) is 17.3. The first-order chi connectivity index (χ1) is 10.9. The Morgan fingerprint density at radius 3 is 2.61 bits per heavy atom. The molecule has 0 aromatic heterocycles. The zero-order valence-electron chi connectivity index (χ0n) is 13.9. The van der Waals surface area contributed by atoms with Gasteiger partial charge in [0.1, 0.15) is 5.75 Å². The zero-order chi connectivity index (χ0) is 16.9. The maximum Gasteiger partial charge on any atom is 0.260 e. The largest absolute Gasteiger partial charge is 0.484 e. The summed E-state index contributed by atoms with van der Waals surface area (Å²) >= 11 is 0. The van der Waals surface area contributed by atoms with Crippen LogP contribution in [0.4, 0.5) is 5.69 Å². The SMILES string of the molecule is CC(C)(C)C(=O)Nc1cccc(OCC(=O)N2CCOCC2)c1. The number of amides is 2. The van der Waals surface area contributed by atoms with E-state index in [-0.39, 0.29) is 18.4 Å². The van der Waals surface area contributed by atoms with Crippen LogP contribution in [0.25, 0.3) is 0 Å². The number of rotatable bonds is 4. The third-order valence-corrected chi connectivity index (χ3v) is 3.50. The van der Waals surface area contributed by atoms with Crippen molar-refractivity contribution in [1.29, 1.82) is 0 Å². The molecule has 6 nitrogen and oxygen atoms in total. The van der Waals surface area contributed by atoms with Gasteiger partial charge >= 0.3 is 0 Å². The molecule has 2 rings (SSSR count). The van der Waals surface area contributed by atoms with Gasteiger partial charge in [-0.2, -0.15) is 0 Å². The molecule has 0 aliphatic carbocycles. The first-order valence-electron chi connectivity index (χ1n) is 7.76. The van der Waals surface area contributed by atoms with Crippen molar-refractivity contribution < 1.29 is 19.1 Å². The highest BCUT2D eigenvalue weighted by Crippen LogP contribution is 2.21. The van der Waals surface area contributed by atoms with Crippen molar-refractivity contribution in [2.75, 3.05) is 38.2 Å². The van der Waals surface area contributed by atoms with Gasteiger partial charge in [-0.15, -0.1) is 0 Å². The van der Waals surface area contributed by atoms with Crippen LogP contribution < -0.4 is 10.1 Å². The minimum atomic E-state index is -0.469. The van der Waals surface area contributed by atoms with Crippen LogP contribution >= 0.6 is 0 Å². The lowest BCUT2D eigenvalue weighted by Gasteiger charge is -2.26. The molecule has 0 atom stereocenters. The Balaban J connectivity index is 1.89. The van der Waals surface area contributed by atoms with Crippen LogP contribution in [0.15, 0.2) is 24.3 Å². The number of nitrogens with one attached hydrogen (secondary N) is 1. The van der Waals surface area contributed by atoms with Crippen LogP contribution in [0.2, 0.25) is 0 Å². The number of nitrogens with zero attached hydrogens (tertiary/aromatic N) is 1. The van der Waals surface area contributed by atoms with E-state index in [1.807, 2.05) is 20.8 Å². The molecule has 1 aliphatic heterocycles. The lowest BCUT2D eigenvalue weighted by atomic mass is 9.95. The first-order valence-corrected chi connectivity index (χ1v) is 7.76. The average molecular weight is 320 g/mol. The summed E-state index contributed by atoms with van der Waals surface area (Å²) < 4.78 is 10.8. The summed E-state index contributed by atoms with van der Waals surface area (Å²) in [7, 11) is 0. The fourth-order valence-electron chi connectivity index (χ4n) is 2.03. The van der Waals surface area contributed by atoms with Crippen LogP contribution in [-0.2, 0) is 14.3 Å². The smallest absolute Gasteiger partial charge is 0.260 e. The Kier molecular flexibility index (Phi) is 5.60. The van der Waals surface area contributed by atoms with Gasteiger partial charge in [0.25, 0.3) is 5.91 Å². The summed E-state index contributed by atoms with van der Waals surface area (Å²) in [5.41, 5.74) is 0.185. The highest BCUT2D eigenvalue weighted by molar-refractivity contribution is 5.94. The molecule has 6 heteroatoms. The predicted octanol–water partition coefficient (Wildman–Crippen LogP) is 1.91. The van der Waals surface area contributed by atoms with Crippen LogP contribution in [0.3, 0.4) is 0 Å². The Bertz CT molecular complexity index is 560. The lowest BCUT2D eigenvalue weighted by molar-refractivity contribution is -0.137. The Morgan fingerprint density at radius 1 is 1.26 bits per heavy atom. The van der Waals surface area contributed by atoms with Crippen molar-refractivity contribution in [3.05, 3.63) is 24.3 Å². The molecule has 0 spiro atoms. The van der Waals surface area contributed by atoms with Gasteiger partial charge < -0.3 is 19.7 Å². The molecule has 1 heterocycles. The number of anilines is 1. The van der Waals surface area contributed by atoms with Gasteiger partial charge in [0, 0.05) is 30.3 Å². The molecule has 1 saturated heterocycles. The highest BCUT2D eigenvalue weighted by atomic mass is 16.5. The van der Waals surface area contributed by atoms with Gasteiger partial charge in [-0.05, 0) is 12.1 Å². The molecule has 0 bridgehead atoms. The predicted molar refractivity (Wildman–Crippen MR) is 87.4 cm³/mol. The summed E-state index contributed by atoms with van der Waals surface area (Å²) in [4.78, 5) is 25.8. The molecule has 0 unspecified atom stereocenters. The quantitative estimate of drug-likeness (QED) is 0.920. The van der Waals surface area contributed by atoms with Crippen LogP contribution in [0.1, 0.15) is 20.8 Å². The second-order valence-electron chi connectivity index (χ2n) is 6.51. The lowest BCUT2D eigenvalue weighted by Crippen LogP contribution is -2.42. The molecule has 1 aromatic rings. The fraction of sp³-hybridized carbons (Fsp3) is 0.529. The number of hydrogen-bond donors (Lipinski definition) is 1. The van der Waals surface area contributed by atoms with Gasteiger partial charge in [-0.25, -0.2) is 0 Å². The van der Waals surface area contributed by atoms with E-state index in [0.29, 0.717) is 37.7 Å². The number of hydrogen-bond acceptors (Lipinski definition) is 4. The Morgan fingerprint density at radius 2 is 1.96 bits per heavy atom. The van der Waals surface area contributed by atoms with E-state index < -0.39 is 5.41 Å². The summed E-state index contributed by atoms with van der Waals surface area (Å²) in [6, 6.07) is 7.06. The summed E-state index contributed by atoms with van der Waals surface area (Å²) in [5.74, 6) is 0.426. The normalized spacial score (nSPS) is 15.2. The van der Waals surface area contributed by atoms with Crippen molar-refractivity contribution in [3.63, 3.8) is 0 Å². The van der Waals surface area contributed by atoms with Crippen LogP contribution in [0.5, 0.6) is 5.75 Å². The van der Waals surface area contributed by atoms with Gasteiger partial charge in [0.2, 0.25) is 5.91 Å². The van der Waals surface area contributed by atoms with Crippen molar-refractivity contribution in [2.45, 2.75) is 20.8 Å². The van der Waals surface area contributed by atoms with Gasteiger partial charge in [-0.3, -0.25) is 9.59 Å². The number of morpholine rings is 1. The molecule has 0 radical (unpaired) electrons. The molecule has 23 heavy (non-hydrogen) atoms. The molecule has 1 fully saturated rings. The van der Waals surface area contributed by atoms with Crippen molar-refractivity contribution >= 4 is 17.5 Å². The van der Waals surface area contributed by atoms with E-state index in [1.165, 1.54) is 0 Å². The molecule has 0 saturated carbocycles. The summed E-state index contributed by atoms with van der Waals surface area (Å²) in [5, 5.41) is 2.84. The van der Waals surface area contributed by atoms with E-state index in [2.05, 4.69) is 5.32 Å². The number of ether oxygens (including phenoxy) is 2. The van der Waals surface area contributed by atoms with E-state index >= 15 is 0 Å². The number of carbonyl (C=O) groups is 2. The Hall–Kier alpha value is -2.08. The van der Waals surface area contributed by atoms with E-state index in [9.17, 15) is 9.59 Å². The molecule has 1 aromatic carbocycles. The minimum absolute atomic E-state index is 0.0172. The minimum Gasteiger partial charge on any atom is -0.484 e. The molecular formula is C17H24N2O4. The highest BCUT2D eigenvalue weighted by Gasteiger charge is 2.21. The van der Waals surface area contributed by atoms with Gasteiger partial charge in [0.05, 0.1) is 13.2 Å². The van der Waals surface area contributed by atoms with E-state index in [4.69, 9.17) is 9.47 Å². The molecule has 2 amide bonds. The standard InChI is InChI=1S/C17H24N2O4/c1-17(2,3)16(21)18-13-5-4-6-14(11-13)23-12-15(20)19-7-9-22-10-8-19/h4-6,11H,7-10,12H2,1-3H3,(H,18,21). The topological polar surface area (TPSA) is 67.9 Å². The summed E-state index contributed by atoms with van der Waals surface area (Å²) in [6.07, 6.45) is 0. The second-order valence-corrected chi connectivity index (χ2v) is 6.51. The monoisotopic (exact) mass is 320 g/mol. The second kappa shape index (κ2) is 7.46. The third kappa shape index (κ3) is 5.25. The van der Waals surface area contributed by atoms with Crippen molar-refractivity contribution in [3.8, 4) is 5.75 Å². The molecule has 1 N–H and O–H groups in total.